The zero-order chi connectivity index (χ0) is 25.2. The van der Waals surface area contributed by atoms with E-state index in [1.54, 1.807) is 7.11 Å². The van der Waals surface area contributed by atoms with Gasteiger partial charge in [-0.2, -0.15) is 4.58 Å². The Morgan fingerprint density at radius 3 is 2.46 bits per heavy atom. The second kappa shape index (κ2) is 9.83. The largest absolute Gasteiger partial charge is 0.384 e. The third-order valence-corrected chi connectivity index (χ3v) is 7.48. The van der Waals surface area contributed by atoms with E-state index < -0.39 is 0 Å². The fourth-order valence-corrected chi connectivity index (χ4v) is 5.62. The summed E-state index contributed by atoms with van der Waals surface area (Å²) in [4.78, 5) is 2.40. The van der Waals surface area contributed by atoms with Crippen molar-refractivity contribution >= 4 is 17.1 Å². The van der Waals surface area contributed by atoms with E-state index in [0.29, 0.717) is 0 Å². The smallest absolute Gasteiger partial charge is 0.210 e. The zero-order valence-corrected chi connectivity index (χ0v) is 22.0. The Bertz CT molecular complexity index is 1230. The lowest BCUT2D eigenvalue weighted by Gasteiger charge is -2.26. The average Bonchev–Trinajstić information content (AvgIpc) is 3.18. The van der Waals surface area contributed by atoms with Crippen LogP contribution in [0.15, 0.2) is 91.7 Å². The van der Waals surface area contributed by atoms with Crippen molar-refractivity contribution < 1.29 is 9.31 Å². The number of allylic oxidation sites excluding steroid dienone is 4. The summed E-state index contributed by atoms with van der Waals surface area (Å²) in [5.41, 5.74) is 8.99. The number of fused-ring (bicyclic) bond motifs is 2. The standard InChI is InChI=1S/C32H39N2O/c1-8-20-33-27-14-11-10-13-25(27)31(3,4)29(33)15-12-16-30-32(5,6)26-23-24(19-22-35-7)17-18-28(26)34(30)21-9-2/h8-18,23H,1-2,19-22H2,3-7H3/q+1. The fraction of sp³-hybridized carbons (Fsp3) is 0.344. The number of methoxy groups -OCH3 is 1. The summed E-state index contributed by atoms with van der Waals surface area (Å²) in [5.74, 6) is 0. The molecule has 0 N–H and O–H groups in total. The topological polar surface area (TPSA) is 15.5 Å². The number of ether oxygens (including phenoxy) is 1. The molecular formula is C32H39N2O+. The number of anilines is 1. The Balaban J connectivity index is 1.74. The van der Waals surface area contributed by atoms with Crippen LogP contribution in [0.5, 0.6) is 0 Å². The Kier molecular flexibility index (Phi) is 7.00. The van der Waals surface area contributed by atoms with E-state index >= 15 is 0 Å². The van der Waals surface area contributed by atoms with Crippen molar-refractivity contribution in [2.24, 2.45) is 0 Å². The first kappa shape index (κ1) is 24.9. The van der Waals surface area contributed by atoms with Gasteiger partial charge in [-0.25, -0.2) is 0 Å². The van der Waals surface area contributed by atoms with Crippen molar-refractivity contribution in [3.8, 4) is 0 Å². The van der Waals surface area contributed by atoms with Gasteiger partial charge in [0.15, 0.2) is 12.3 Å². The molecule has 0 aliphatic carbocycles. The summed E-state index contributed by atoms with van der Waals surface area (Å²) in [7, 11) is 1.76. The molecule has 2 heterocycles. The molecule has 0 saturated carbocycles. The van der Waals surface area contributed by atoms with Crippen molar-refractivity contribution in [3.05, 3.63) is 108 Å². The first-order valence-corrected chi connectivity index (χ1v) is 12.5. The summed E-state index contributed by atoms with van der Waals surface area (Å²) in [5, 5.41) is 0. The third-order valence-electron chi connectivity index (χ3n) is 7.48. The maximum Gasteiger partial charge on any atom is 0.210 e. The number of hydrogen-bond donors (Lipinski definition) is 0. The van der Waals surface area contributed by atoms with Gasteiger partial charge in [-0.15, -0.1) is 6.58 Å². The normalized spacial score (nSPS) is 18.9. The van der Waals surface area contributed by atoms with Crippen LogP contribution in [-0.4, -0.2) is 37.1 Å². The second-order valence-corrected chi connectivity index (χ2v) is 10.5. The lowest BCUT2D eigenvalue weighted by Crippen LogP contribution is -2.28. The van der Waals surface area contributed by atoms with E-state index in [2.05, 4.69) is 111 Å². The highest BCUT2D eigenvalue weighted by atomic mass is 16.5. The van der Waals surface area contributed by atoms with Crippen LogP contribution < -0.4 is 4.90 Å². The summed E-state index contributed by atoms with van der Waals surface area (Å²) in [6.07, 6.45) is 11.7. The van der Waals surface area contributed by atoms with Crippen LogP contribution in [0.4, 0.5) is 11.4 Å². The van der Waals surface area contributed by atoms with Gasteiger partial charge >= 0.3 is 0 Å². The van der Waals surface area contributed by atoms with E-state index in [1.165, 1.54) is 39.5 Å². The summed E-state index contributed by atoms with van der Waals surface area (Å²) >= 11 is 0. The SMILES string of the molecule is C=CCN1C(=CC=CC2=[N+](CC=C)c3ccccc3C2(C)C)C(C)(C)c2cc(CCOC)ccc21. The van der Waals surface area contributed by atoms with E-state index in [0.717, 1.165) is 26.1 Å². The summed E-state index contributed by atoms with van der Waals surface area (Å²) in [6.45, 7) is 19.6. The monoisotopic (exact) mass is 467 g/mol. The highest BCUT2D eigenvalue weighted by molar-refractivity contribution is 6.03. The quantitative estimate of drug-likeness (QED) is 0.296. The van der Waals surface area contributed by atoms with Crippen LogP contribution in [0.3, 0.4) is 0 Å². The van der Waals surface area contributed by atoms with Gasteiger partial charge in [0.05, 0.1) is 12.0 Å². The summed E-state index contributed by atoms with van der Waals surface area (Å²) in [6, 6.07) is 15.5. The van der Waals surface area contributed by atoms with Crippen LogP contribution in [-0.2, 0) is 22.0 Å². The molecule has 0 atom stereocenters. The number of rotatable bonds is 9. The van der Waals surface area contributed by atoms with Crippen LogP contribution in [0.2, 0.25) is 0 Å². The Morgan fingerprint density at radius 2 is 1.74 bits per heavy atom. The Labute approximate surface area is 211 Å². The maximum atomic E-state index is 5.31. The van der Waals surface area contributed by atoms with Crippen LogP contribution in [0.1, 0.15) is 44.4 Å². The van der Waals surface area contributed by atoms with Gasteiger partial charge in [0.2, 0.25) is 5.69 Å². The maximum absolute atomic E-state index is 5.31. The Morgan fingerprint density at radius 1 is 0.971 bits per heavy atom. The van der Waals surface area contributed by atoms with Crippen molar-refractivity contribution in [1.29, 1.82) is 0 Å². The van der Waals surface area contributed by atoms with Crippen molar-refractivity contribution in [1.82, 2.24) is 0 Å². The molecule has 0 aromatic heterocycles. The molecule has 35 heavy (non-hydrogen) atoms. The lowest BCUT2D eigenvalue weighted by atomic mass is 9.81. The van der Waals surface area contributed by atoms with Crippen LogP contribution >= 0.6 is 0 Å². The molecule has 2 aliphatic rings. The molecular weight excluding hydrogens is 428 g/mol. The van der Waals surface area contributed by atoms with Gasteiger partial charge in [0.25, 0.3) is 0 Å². The van der Waals surface area contributed by atoms with Crippen molar-refractivity contribution in [2.75, 3.05) is 31.7 Å². The first-order chi connectivity index (χ1) is 16.8. The third kappa shape index (κ3) is 4.34. The van der Waals surface area contributed by atoms with Crippen LogP contribution in [0.25, 0.3) is 0 Å². The van der Waals surface area contributed by atoms with Gasteiger partial charge in [-0.3, -0.25) is 0 Å². The van der Waals surface area contributed by atoms with Gasteiger partial charge in [0.1, 0.15) is 0 Å². The highest BCUT2D eigenvalue weighted by Crippen LogP contribution is 2.48. The van der Waals surface area contributed by atoms with Crippen molar-refractivity contribution in [3.63, 3.8) is 0 Å². The number of benzene rings is 2. The molecule has 3 heteroatoms. The number of nitrogens with zero attached hydrogens (tertiary/aromatic N) is 2. The molecule has 0 amide bonds. The molecule has 0 fully saturated rings. The summed E-state index contributed by atoms with van der Waals surface area (Å²) < 4.78 is 7.69. The predicted molar refractivity (Wildman–Crippen MR) is 149 cm³/mol. The van der Waals surface area contributed by atoms with Gasteiger partial charge in [0, 0.05) is 48.2 Å². The fourth-order valence-electron chi connectivity index (χ4n) is 5.62. The van der Waals surface area contributed by atoms with Crippen LogP contribution in [0, 0.1) is 0 Å². The Hall–Kier alpha value is -3.17. The van der Waals surface area contributed by atoms with E-state index in [9.17, 15) is 0 Å². The van der Waals surface area contributed by atoms with E-state index in [1.807, 2.05) is 12.2 Å². The average molecular weight is 468 g/mol. The lowest BCUT2D eigenvalue weighted by molar-refractivity contribution is -0.425. The minimum atomic E-state index is -0.106. The molecule has 4 rings (SSSR count). The minimum absolute atomic E-state index is 0.0696. The molecule has 2 aliphatic heterocycles. The molecule has 0 saturated heterocycles. The first-order valence-electron chi connectivity index (χ1n) is 12.5. The molecule has 0 radical (unpaired) electrons. The molecule has 0 spiro atoms. The van der Waals surface area contributed by atoms with Gasteiger partial charge < -0.3 is 9.64 Å². The van der Waals surface area contributed by atoms with E-state index in [-0.39, 0.29) is 10.8 Å². The van der Waals surface area contributed by atoms with E-state index in [4.69, 9.17) is 4.74 Å². The molecule has 3 nitrogen and oxygen atoms in total. The highest BCUT2D eigenvalue weighted by Gasteiger charge is 2.44. The zero-order valence-electron chi connectivity index (χ0n) is 22.0. The van der Waals surface area contributed by atoms with Gasteiger partial charge in [-0.05, 0) is 49.6 Å². The molecule has 2 aromatic carbocycles. The predicted octanol–water partition coefficient (Wildman–Crippen LogP) is 6.86. The van der Waals surface area contributed by atoms with Crippen molar-refractivity contribution in [2.45, 2.75) is 44.9 Å². The molecule has 0 bridgehead atoms. The minimum Gasteiger partial charge on any atom is -0.384 e. The number of hydrogen-bond acceptors (Lipinski definition) is 2. The van der Waals surface area contributed by atoms with Gasteiger partial charge in [-0.1, -0.05) is 62.9 Å². The molecule has 2 aromatic rings. The molecule has 0 unspecified atom stereocenters. The number of para-hydroxylation sites is 1. The molecule has 182 valence electrons. The second-order valence-electron chi connectivity index (χ2n) is 10.5.